The molecule has 126 valence electrons. The minimum atomic E-state index is -0.384. The van der Waals surface area contributed by atoms with E-state index in [0.717, 1.165) is 5.69 Å². The number of hydrogen-bond acceptors (Lipinski definition) is 3. The number of carbonyl (C=O) groups is 1. The molecule has 24 heavy (non-hydrogen) atoms. The Morgan fingerprint density at radius 1 is 1.21 bits per heavy atom. The van der Waals surface area contributed by atoms with Gasteiger partial charge < -0.3 is 14.2 Å². The SMILES string of the molecule is Cc1ccc(C(=O)N2CC(Oc3cc(C)n(C)c(=O)c3)C2)cc1F. The summed E-state index contributed by atoms with van der Waals surface area (Å²) in [6, 6.07) is 7.71. The minimum Gasteiger partial charge on any atom is -0.486 e. The summed E-state index contributed by atoms with van der Waals surface area (Å²) >= 11 is 0. The van der Waals surface area contributed by atoms with E-state index in [2.05, 4.69) is 0 Å². The molecule has 0 atom stereocenters. The van der Waals surface area contributed by atoms with Gasteiger partial charge in [0.05, 0.1) is 13.1 Å². The lowest BCUT2D eigenvalue weighted by atomic mass is 10.1. The zero-order valence-electron chi connectivity index (χ0n) is 13.9. The van der Waals surface area contributed by atoms with Crippen molar-refractivity contribution in [2.75, 3.05) is 13.1 Å². The highest BCUT2D eigenvalue weighted by molar-refractivity contribution is 5.94. The molecule has 1 saturated heterocycles. The summed E-state index contributed by atoms with van der Waals surface area (Å²) in [5.41, 5.74) is 1.52. The first-order valence-electron chi connectivity index (χ1n) is 7.75. The molecule has 1 aliphatic heterocycles. The molecular formula is C18H19FN2O3. The molecule has 3 rings (SSSR count). The summed E-state index contributed by atoms with van der Waals surface area (Å²) in [6.45, 7) is 4.32. The van der Waals surface area contributed by atoms with Gasteiger partial charge in [0.25, 0.3) is 11.5 Å². The van der Waals surface area contributed by atoms with Crippen LogP contribution in [0.5, 0.6) is 5.75 Å². The highest BCUT2D eigenvalue weighted by Crippen LogP contribution is 2.20. The third kappa shape index (κ3) is 3.04. The summed E-state index contributed by atoms with van der Waals surface area (Å²) in [5, 5.41) is 0. The summed E-state index contributed by atoms with van der Waals surface area (Å²) in [4.78, 5) is 25.6. The molecule has 0 N–H and O–H groups in total. The number of rotatable bonds is 3. The van der Waals surface area contributed by atoms with E-state index >= 15 is 0 Å². The first-order valence-corrected chi connectivity index (χ1v) is 7.75. The fourth-order valence-electron chi connectivity index (χ4n) is 2.58. The Morgan fingerprint density at radius 3 is 2.54 bits per heavy atom. The average Bonchev–Trinajstić information content (AvgIpc) is 2.50. The van der Waals surface area contributed by atoms with Gasteiger partial charge in [-0.25, -0.2) is 4.39 Å². The average molecular weight is 330 g/mol. The van der Waals surface area contributed by atoms with Crippen molar-refractivity contribution in [1.82, 2.24) is 9.47 Å². The largest absolute Gasteiger partial charge is 0.486 e. The fraction of sp³-hybridized carbons (Fsp3) is 0.333. The second-order valence-corrected chi connectivity index (χ2v) is 6.14. The van der Waals surface area contributed by atoms with Gasteiger partial charge in [-0.05, 0) is 37.6 Å². The van der Waals surface area contributed by atoms with Gasteiger partial charge in [0.1, 0.15) is 17.7 Å². The van der Waals surface area contributed by atoms with Crippen LogP contribution in [0.2, 0.25) is 0 Å². The first-order chi connectivity index (χ1) is 11.3. The second-order valence-electron chi connectivity index (χ2n) is 6.14. The Hall–Kier alpha value is -2.63. The predicted molar refractivity (Wildman–Crippen MR) is 87.9 cm³/mol. The van der Waals surface area contributed by atoms with Crippen molar-refractivity contribution in [3.05, 3.63) is 63.3 Å². The number of likely N-dealkylation sites (tertiary alicyclic amines) is 1. The number of ether oxygens (including phenoxy) is 1. The first kappa shape index (κ1) is 16.2. The molecule has 5 nitrogen and oxygen atoms in total. The number of nitrogens with zero attached hydrogens (tertiary/aromatic N) is 2. The van der Waals surface area contributed by atoms with Gasteiger partial charge in [0.15, 0.2) is 0 Å². The molecule has 0 radical (unpaired) electrons. The van der Waals surface area contributed by atoms with Crippen LogP contribution in [0.3, 0.4) is 0 Å². The van der Waals surface area contributed by atoms with Crippen LogP contribution in [0.15, 0.2) is 35.1 Å². The number of aryl methyl sites for hydroxylation is 2. The maximum Gasteiger partial charge on any atom is 0.254 e. The van der Waals surface area contributed by atoms with E-state index < -0.39 is 0 Å². The molecule has 0 unspecified atom stereocenters. The lowest BCUT2D eigenvalue weighted by Crippen LogP contribution is -2.56. The van der Waals surface area contributed by atoms with E-state index in [1.54, 1.807) is 37.1 Å². The molecule has 0 spiro atoms. The van der Waals surface area contributed by atoms with Crippen LogP contribution in [0.25, 0.3) is 0 Å². The molecule has 1 aromatic heterocycles. The van der Waals surface area contributed by atoms with E-state index in [1.165, 1.54) is 16.7 Å². The Labute approximate surface area is 139 Å². The van der Waals surface area contributed by atoms with Crippen molar-refractivity contribution in [1.29, 1.82) is 0 Å². The lowest BCUT2D eigenvalue weighted by Gasteiger charge is -2.39. The maximum atomic E-state index is 13.6. The van der Waals surface area contributed by atoms with Crippen LogP contribution >= 0.6 is 0 Å². The minimum absolute atomic E-state index is 0.132. The van der Waals surface area contributed by atoms with Gasteiger partial charge in [0.2, 0.25) is 0 Å². The zero-order valence-corrected chi connectivity index (χ0v) is 13.9. The summed E-state index contributed by atoms with van der Waals surface area (Å²) in [5.74, 6) is -0.0900. The third-order valence-corrected chi connectivity index (χ3v) is 4.33. The normalized spacial score (nSPS) is 14.4. The van der Waals surface area contributed by atoms with E-state index in [4.69, 9.17) is 4.74 Å². The molecule has 6 heteroatoms. The van der Waals surface area contributed by atoms with E-state index in [1.807, 2.05) is 6.92 Å². The van der Waals surface area contributed by atoms with Crippen molar-refractivity contribution >= 4 is 5.91 Å². The van der Waals surface area contributed by atoms with Crippen LogP contribution in [-0.4, -0.2) is 34.6 Å². The van der Waals surface area contributed by atoms with Crippen LogP contribution < -0.4 is 10.3 Å². The maximum absolute atomic E-state index is 13.6. The van der Waals surface area contributed by atoms with Crippen LogP contribution in [0.4, 0.5) is 4.39 Å². The second kappa shape index (κ2) is 6.11. The monoisotopic (exact) mass is 330 g/mol. The van der Waals surface area contributed by atoms with Crippen LogP contribution in [-0.2, 0) is 7.05 Å². The highest BCUT2D eigenvalue weighted by atomic mass is 19.1. The van der Waals surface area contributed by atoms with Gasteiger partial charge in [-0.2, -0.15) is 0 Å². The van der Waals surface area contributed by atoms with Crippen molar-refractivity contribution < 1.29 is 13.9 Å². The number of halogens is 1. The van der Waals surface area contributed by atoms with Crippen LogP contribution in [0, 0.1) is 19.7 Å². The highest BCUT2D eigenvalue weighted by Gasteiger charge is 2.33. The molecular weight excluding hydrogens is 311 g/mol. The number of pyridine rings is 1. The Kier molecular flexibility index (Phi) is 4.13. The fourth-order valence-corrected chi connectivity index (χ4v) is 2.58. The van der Waals surface area contributed by atoms with E-state index in [0.29, 0.717) is 30.0 Å². The van der Waals surface area contributed by atoms with Gasteiger partial charge in [-0.3, -0.25) is 9.59 Å². The van der Waals surface area contributed by atoms with Crippen LogP contribution in [0.1, 0.15) is 21.6 Å². The third-order valence-electron chi connectivity index (χ3n) is 4.33. The summed E-state index contributed by atoms with van der Waals surface area (Å²) < 4.78 is 20.9. The van der Waals surface area contributed by atoms with E-state index in [9.17, 15) is 14.0 Å². The molecule has 1 fully saturated rings. The topological polar surface area (TPSA) is 51.5 Å². The van der Waals surface area contributed by atoms with Crippen molar-refractivity contribution in [2.24, 2.45) is 7.05 Å². The number of aromatic nitrogens is 1. The molecule has 0 aliphatic carbocycles. The van der Waals surface area contributed by atoms with Crippen molar-refractivity contribution in [3.63, 3.8) is 0 Å². The molecule has 0 saturated carbocycles. The van der Waals surface area contributed by atoms with Gasteiger partial charge in [0, 0.05) is 24.4 Å². The van der Waals surface area contributed by atoms with E-state index in [-0.39, 0.29) is 23.4 Å². The molecule has 2 aromatic rings. The summed E-state index contributed by atoms with van der Waals surface area (Å²) in [6.07, 6.45) is -0.157. The summed E-state index contributed by atoms with van der Waals surface area (Å²) in [7, 11) is 1.70. The zero-order chi connectivity index (χ0) is 17.4. The lowest BCUT2D eigenvalue weighted by molar-refractivity contribution is 0.0176. The van der Waals surface area contributed by atoms with Crippen molar-refractivity contribution in [3.8, 4) is 5.75 Å². The number of hydrogen-bond donors (Lipinski definition) is 0. The van der Waals surface area contributed by atoms with Gasteiger partial charge >= 0.3 is 0 Å². The molecule has 0 bridgehead atoms. The number of benzene rings is 1. The quantitative estimate of drug-likeness (QED) is 0.865. The molecule has 1 aromatic carbocycles. The smallest absolute Gasteiger partial charge is 0.254 e. The number of carbonyl (C=O) groups excluding carboxylic acids is 1. The standard InChI is InChI=1S/C18H19FN2O3/c1-11-4-5-13(7-16(11)19)18(23)21-9-15(10-21)24-14-6-12(2)20(3)17(22)8-14/h4-8,15H,9-10H2,1-3H3. The van der Waals surface area contributed by atoms with Crippen molar-refractivity contribution in [2.45, 2.75) is 20.0 Å². The van der Waals surface area contributed by atoms with Gasteiger partial charge in [-0.15, -0.1) is 0 Å². The van der Waals surface area contributed by atoms with Gasteiger partial charge in [-0.1, -0.05) is 6.07 Å². The number of amides is 1. The Morgan fingerprint density at radius 2 is 1.92 bits per heavy atom. The Bertz CT molecular complexity index is 854. The molecule has 1 amide bonds. The molecule has 1 aliphatic rings. The molecule has 2 heterocycles. The Balaban J connectivity index is 1.62. The predicted octanol–water partition coefficient (Wildman–Crippen LogP) is 2.04.